The van der Waals surface area contributed by atoms with Gasteiger partial charge in [0.15, 0.2) is 6.61 Å². The van der Waals surface area contributed by atoms with Crippen molar-refractivity contribution in [2.45, 2.75) is 18.4 Å². The van der Waals surface area contributed by atoms with Crippen molar-refractivity contribution < 1.29 is 9.53 Å². The molecule has 0 aliphatic carbocycles. The molecular formula is C20H18ClN3O2S. The van der Waals surface area contributed by atoms with Gasteiger partial charge < -0.3 is 10.1 Å². The Morgan fingerprint density at radius 3 is 2.85 bits per heavy atom. The van der Waals surface area contributed by atoms with Crippen molar-refractivity contribution in [1.29, 1.82) is 0 Å². The monoisotopic (exact) mass is 399 g/mol. The van der Waals surface area contributed by atoms with Crippen LogP contribution < -0.4 is 10.1 Å². The fourth-order valence-electron chi connectivity index (χ4n) is 2.94. The van der Waals surface area contributed by atoms with Crippen LogP contribution in [0.1, 0.15) is 16.8 Å². The number of carbonyl (C=O) groups is 1. The van der Waals surface area contributed by atoms with Gasteiger partial charge in [0.05, 0.1) is 11.4 Å². The number of halogens is 1. The number of nitrogens with zero attached hydrogens (tertiary/aromatic N) is 2. The Kier molecular flexibility index (Phi) is 5.09. The van der Waals surface area contributed by atoms with E-state index >= 15 is 0 Å². The summed E-state index contributed by atoms with van der Waals surface area (Å²) in [4.78, 5) is 12.5. The van der Waals surface area contributed by atoms with E-state index in [2.05, 4.69) is 11.4 Å². The first-order valence-corrected chi connectivity index (χ1v) is 10.1. The molecule has 1 aliphatic heterocycles. The van der Waals surface area contributed by atoms with Gasteiger partial charge in [-0.15, -0.1) is 0 Å². The number of benzene rings is 2. The first-order valence-electron chi connectivity index (χ1n) is 8.54. The van der Waals surface area contributed by atoms with Crippen LogP contribution in [0.5, 0.6) is 5.75 Å². The third-order valence-electron chi connectivity index (χ3n) is 4.24. The molecule has 0 saturated carbocycles. The third kappa shape index (κ3) is 3.96. The smallest absolute Gasteiger partial charge is 0.263 e. The number of hydrogen-bond donors (Lipinski definition) is 1. The molecule has 1 amide bonds. The van der Waals surface area contributed by atoms with E-state index in [0.29, 0.717) is 10.8 Å². The third-order valence-corrected chi connectivity index (χ3v) is 5.46. The number of rotatable bonds is 5. The minimum Gasteiger partial charge on any atom is -0.484 e. The zero-order valence-corrected chi connectivity index (χ0v) is 16.3. The van der Waals surface area contributed by atoms with Crippen LogP contribution in [0, 0.1) is 6.92 Å². The summed E-state index contributed by atoms with van der Waals surface area (Å²) in [5, 5.41) is 8.32. The molecule has 2 heterocycles. The van der Waals surface area contributed by atoms with Gasteiger partial charge in [-0.1, -0.05) is 23.7 Å². The Hall–Kier alpha value is -2.44. The van der Waals surface area contributed by atoms with Crippen molar-refractivity contribution in [3.8, 4) is 11.4 Å². The van der Waals surface area contributed by atoms with Crippen LogP contribution in [0.15, 0.2) is 48.5 Å². The van der Waals surface area contributed by atoms with Crippen molar-refractivity contribution in [1.82, 2.24) is 9.78 Å². The highest BCUT2D eigenvalue weighted by Gasteiger charge is 2.24. The molecule has 1 aromatic heterocycles. The molecule has 0 radical (unpaired) electrons. The number of anilines is 1. The van der Waals surface area contributed by atoms with E-state index in [1.54, 1.807) is 36.0 Å². The summed E-state index contributed by atoms with van der Waals surface area (Å²) in [5.41, 5.74) is 4.18. The maximum atomic E-state index is 12.5. The summed E-state index contributed by atoms with van der Waals surface area (Å²) in [5.74, 6) is 2.80. The second-order valence-corrected chi connectivity index (χ2v) is 7.73. The van der Waals surface area contributed by atoms with E-state index < -0.39 is 0 Å². The maximum Gasteiger partial charge on any atom is 0.263 e. The van der Waals surface area contributed by atoms with Gasteiger partial charge >= 0.3 is 0 Å². The molecule has 0 bridgehead atoms. The minimum atomic E-state index is -0.224. The normalized spacial score (nSPS) is 12.7. The Morgan fingerprint density at radius 1 is 1.26 bits per heavy atom. The molecular weight excluding hydrogens is 382 g/mol. The van der Waals surface area contributed by atoms with Gasteiger partial charge in [0.1, 0.15) is 11.6 Å². The first kappa shape index (κ1) is 17.9. The number of ether oxygens (including phenoxy) is 1. The molecule has 0 fully saturated rings. The summed E-state index contributed by atoms with van der Waals surface area (Å²) >= 11 is 7.66. The molecule has 2 aromatic carbocycles. The van der Waals surface area contributed by atoms with Crippen molar-refractivity contribution in [3.63, 3.8) is 0 Å². The van der Waals surface area contributed by atoms with Gasteiger partial charge in [0, 0.05) is 22.1 Å². The highest BCUT2D eigenvalue weighted by atomic mass is 35.5. The van der Waals surface area contributed by atoms with Gasteiger partial charge in [-0.2, -0.15) is 16.9 Å². The minimum absolute atomic E-state index is 0.0808. The van der Waals surface area contributed by atoms with Crippen LogP contribution in [0.2, 0.25) is 5.02 Å². The standard InChI is InChI=1S/C20H18ClN3O2S/c1-13-3-2-4-15(9-13)24-20(17-11-27-12-18(17)23-24)22-19(25)10-26-16-7-5-14(21)6-8-16/h2-9H,10-12H2,1H3,(H,22,25). The van der Waals surface area contributed by atoms with Crippen LogP contribution in [0.3, 0.4) is 0 Å². The molecule has 27 heavy (non-hydrogen) atoms. The quantitative estimate of drug-likeness (QED) is 0.681. The molecule has 5 nitrogen and oxygen atoms in total. The van der Waals surface area contributed by atoms with Gasteiger partial charge in [0.25, 0.3) is 5.91 Å². The highest BCUT2D eigenvalue weighted by molar-refractivity contribution is 7.98. The van der Waals surface area contributed by atoms with Crippen molar-refractivity contribution >= 4 is 35.1 Å². The van der Waals surface area contributed by atoms with Gasteiger partial charge in [-0.05, 0) is 48.9 Å². The molecule has 0 spiro atoms. The molecule has 4 rings (SSSR count). The van der Waals surface area contributed by atoms with Crippen LogP contribution in [0.25, 0.3) is 5.69 Å². The molecule has 7 heteroatoms. The number of carbonyl (C=O) groups excluding carboxylic acids is 1. The number of nitrogens with one attached hydrogen (secondary N) is 1. The van der Waals surface area contributed by atoms with E-state index in [1.807, 2.05) is 29.8 Å². The second kappa shape index (κ2) is 7.66. The van der Waals surface area contributed by atoms with Crippen LogP contribution in [-0.2, 0) is 16.3 Å². The Balaban J connectivity index is 1.54. The van der Waals surface area contributed by atoms with E-state index in [1.165, 1.54) is 0 Å². The number of aromatic nitrogens is 2. The topological polar surface area (TPSA) is 56.2 Å². The number of fused-ring (bicyclic) bond motifs is 1. The zero-order valence-electron chi connectivity index (χ0n) is 14.7. The second-order valence-electron chi connectivity index (χ2n) is 6.31. The lowest BCUT2D eigenvalue weighted by atomic mass is 10.2. The molecule has 0 unspecified atom stereocenters. The summed E-state index contributed by atoms with van der Waals surface area (Å²) in [6, 6.07) is 15.0. The number of aryl methyl sites for hydroxylation is 1. The lowest BCUT2D eigenvalue weighted by Crippen LogP contribution is -2.22. The molecule has 0 atom stereocenters. The molecule has 0 saturated heterocycles. The Bertz CT molecular complexity index is 985. The number of amides is 1. The summed E-state index contributed by atoms with van der Waals surface area (Å²) < 4.78 is 7.37. The molecule has 3 aromatic rings. The maximum absolute atomic E-state index is 12.5. The van der Waals surface area contributed by atoms with E-state index in [-0.39, 0.29) is 12.5 Å². The van der Waals surface area contributed by atoms with Crippen molar-refractivity contribution in [2.24, 2.45) is 0 Å². The van der Waals surface area contributed by atoms with Gasteiger partial charge in [-0.3, -0.25) is 4.79 Å². The van der Waals surface area contributed by atoms with Crippen LogP contribution in [0.4, 0.5) is 5.82 Å². The predicted molar refractivity (Wildman–Crippen MR) is 109 cm³/mol. The predicted octanol–water partition coefficient (Wildman–Crippen LogP) is 4.60. The number of thioether (sulfide) groups is 1. The lowest BCUT2D eigenvalue weighted by molar-refractivity contribution is -0.118. The van der Waals surface area contributed by atoms with E-state index in [9.17, 15) is 4.79 Å². The Morgan fingerprint density at radius 2 is 2.07 bits per heavy atom. The molecule has 138 valence electrons. The SMILES string of the molecule is Cc1cccc(-n2nc3c(c2NC(=O)COc2ccc(Cl)cc2)CSC3)c1. The average molecular weight is 400 g/mol. The van der Waals surface area contributed by atoms with Gasteiger partial charge in [-0.25, -0.2) is 4.68 Å². The average Bonchev–Trinajstić information content (AvgIpc) is 3.24. The molecule has 1 aliphatic rings. The zero-order chi connectivity index (χ0) is 18.8. The molecule has 1 N–H and O–H groups in total. The number of hydrogen-bond acceptors (Lipinski definition) is 4. The lowest BCUT2D eigenvalue weighted by Gasteiger charge is -2.12. The van der Waals surface area contributed by atoms with Crippen molar-refractivity contribution in [3.05, 3.63) is 70.4 Å². The van der Waals surface area contributed by atoms with Crippen molar-refractivity contribution in [2.75, 3.05) is 11.9 Å². The summed E-state index contributed by atoms with van der Waals surface area (Å²) in [6.07, 6.45) is 0. The van der Waals surface area contributed by atoms with E-state index in [4.69, 9.17) is 21.4 Å². The fraction of sp³-hybridized carbons (Fsp3) is 0.200. The van der Waals surface area contributed by atoms with E-state index in [0.717, 1.165) is 39.8 Å². The van der Waals surface area contributed by atoms with Crippen LogP contribution in [-0.4, -0.2) is 22.3 Å². The summed E-state index contributed by atoms with van der Waals surface area (Å²) in [7, 11) is 0. The fourth-order valence-corrected chi connectivity index (χ4v) is 4.10. The Labute approximate surface area is 166 Å². The summed E-state index contributed by atoms with van der Waals surface area (Å²) in [6.45, 7) is 1.96. The first-order chi connectivity index (χ1) is 13.1. The van der Waals surface area contributed by atoms with Gasteiger partial charge in [0.2, 0.25) is 0 Å². The highest BCUT2D eigenvalue weighted by Crippen LogP contribution is 2.36. The van der Waals surface area contributed by atoms with Crippen LogP contribution >= 0.6 is 23.4 Å². The largest absolute Gasteiger partial charge is 0.484 e.